The lowest BCUT2D eigenvalue weighted by atomic mass is 10.5. The highest BCUT2D eigenvalue weighted by Gasteiger charge is 1.96. The molecular weight excluding hydrogens is 116 g/mol. The molecule has 44 valence electrons. The predicted molar refractivity (Wildman–Crippen MR) is 28.0 cm³/mol. The molecular formula is C3H8O3S. The van der Waals surface area contributed by atoms with E-state index in [0.29, 0.717) is 13.2 Å². The molecule has 0 aliphatic carbocycles. The normalized spacial score (nSPS) is 20.6. The SMILES string of the molecule is C1COOOC1.S. The van der Waals surface area contributed by atoms with Crippen LogP contribution in [0, 0.1) is 0 Å². The first-order valence-corrected chi connectivity index (χ1v) is 1.91. The van der Waals surface area contributed by atoms with Gasteiger partial charge in [0, 0.05) is 6.42 Å². The molecule has 1 fully saturated rings. The Labute approximate surface area is 48.9 Å². The smallest absolute Gasteiger partial charge is 0.0877 e. The molecule has 0 N–H and O–H groups in total. The van der Waals surface area contributed by atoms with Crippen LogP contribution in [0.25, 0.3) is 0 Å². The Kier molecular flexibility index (Phi) is 4.53. The molecule has 0 bridgehead atoms. The second-order valence-electron chi connectivity index (χ2n) is 1.07. The maximum Gasteiger partial charge on any atom is 0.0877 e. The maximum atomic E-state index is 4.35. The van der Waals surface area contributed by atoms with Gasteiger partial charge in [-0.3, -0.25) is 0 Å². The van der Waals surface area contributed by atoms with Gasteiger partial charge in [0.25, 0.3) is 0 Å². The minimum Gasteiger partial charge on any atom is -0.206 e. The van der Waals surface area contributed by atoms with Gasteiger partial charge in [0.2, 0.25) is 0 Å². The summed E-state index contributed by atoms with van der Waals surface area (Å²) >= 11 is 0. The fourth-order valence-electron chi connectivity index (χ4n) is 0.279. The quantitative estimate of drug-likeness (QED) is 0.437. The highest BCUT2D eigenvalue weighted by Crippen LogP contribution is 1.93. The van der Waals surface area contributed by atoms with E-state index in [2.05, 4.69) is 14.8 Å². The molecule has 7 heavy (non-hydrogen) atoms. The second kappa shape index (κ2) is 4.39. The summed E-state index contributed by atoms with van der Waals surface area (Å²) in [4.78, 5) is 8.69. The van der Waals surface area contributed by atoms with E-state index < -0.39 is 0 Å². The van der Waals surface area contributed by atoms with E-state index in [-0.39, 0.29) is 13.5 Å². The Morgan fingerprint density at radius 2 is 1.57 bits per heavy atom. The first kappa shape index (κ1) is 7.23. The average molecular weight is 124 g/mol. The summed E-state index contributed by atoms with van der Waals surface area (Å²) in [5, 5.41) is 4.07. The van der Waals surface area contributed by atoms with E-state index in [1.165, 1.54) is 0 Å². The molecule has 0 radical (unpaired) electrons. The van der Waals surface area contributed by atoms with Crippen molar-refractivity contribution < 1.29 is 14.8 Å². The van der Waals surface area contributed by atoms with Gasteiger partial charge in [-0.1, -0.05) is 5.04 Å². The first-order valence-electron chi connectivity index (χ1n) is 1.91. The van der Waals surface area contributed by atoms with Crippen LogP contribution >= 0.6 is 13.5 Å². The molecule has 1 rings (SSSR count). The zero-order chi connectivity index (χ0) is 4.24. The molecule has 0 spiro atoms. The van der Waals surface area contributed by atoms with E-state index in [1.807, 2.05) is 0 Å². The van der Waals surface area contributed by atoms with Crippen LogP contribution < -0.4 is 0 Å². The van der Waals surface area contributed by atoms with Gasteiger partial charge in [-0.05, 0) is 0 Å². The lowest BCUT2D eigenvalue weighted by Crippen LogP contribution is -2.08. The van der Waals surface area contributed by atoms with Crippen molar-refractivity contribution in [2.24, 2.45) is 0 Å². The van der Waals surface area contributed by atoms with Crippen LogP contribution in [0.3, 0.4) is 0 Å². The van der Waals surface area contributed by atoms with Gasteiger partial charge < -0.3 is 0 Å². The highest BCUT2D eigenvalue weighted by molar-refractivity contribution is 7.59. The zero-order valence-corrected chi connectivity index (χ0v) is 4.85. The topological polar surface area (TPSA) is 27.7 Å². The number of hydrogen-bond acceptors (Lipinski definition) is 3. The molecule has 1 heterocycles. The van der Waals surface area contributed by atoms with Gasteiger partial charge in [0.05, 0.1) is 13.2 Å². The first-order chi connectivity index (χ1) is 3.00. The van der Waals surface area contributed by atoms with E-state index >= 15 is 0 Å². The van der Waals surface area contributed by atoms with E-state index in [1.54, 1.807) is 0 Å². The third kappa shape index (κ3) is 2.87. The van der Waals surface area contributed by atoms with Crippen LogP contribution in [0.2, 0.25) is 0 Å². The van der Waals surface area contributed by atoms with Crippen molar-refractivity contribution in [1.82, 2.24) is 0 Å². The van der Waals surface area contributed by atoms with Crippen molar-refractivity contribution in [1.29, 1.82) is 0 Å². The van der Waals surface area contributed by atoms with Crippen LogP contribution in [0.1, 0.15) is 6.42 Å². The predicted octanol–water partition coefficient (Wildman–Crippen LogP) is 0.383. The molecule has 1 saturated heterocycles. The molecule has 0 atom stereocenters. The lowest BCUT2D eigenvalue weighted by Gasteiger charge is -2.06. The van der Waals surface area contributed by atoms with Gasteiger partial charge in [0.15, 0.2) is 0 Å². The fraction of sp³-hybridized carbons (Fsp3) is 1.00. The number of hydrogen-bond donors (Lipinski definition) is 0. The minimum absolute atomic E-state index is 0. The van der Waals surface area contributed by atoms with Crippen LogP contribution in [-0.4, -0.2) is 13.2 Å². The molecule has 0 unspecified atom stereocenters. The van der Waals surface area contributed by atoms with Crippen LogP contribution in [-0.2, 0) is 14.8 Å². The Morgan fingerprint density at radius 1 is 1.00 bits per heavy atom. The summed E-state index contributed by atoms with van der Waals surface area (Å²) in [6.07, 6.45) is 0.931. The highest BCUT2D eigenvalue weighted by atomic mass is 32.1. The molecule has 0 amide bonds. The monoisotopic (exact) mass is 124 g/mol. The average Bonchev–Trinajstić information content (AvgIpc) is 1.72. The molecule has 1 aliphatic heterocycles. The molecule has 3 nitrogen and oxygen atoms in total. The van der Waals surface area contributed by atoms with Gasteiger partial charge in [-0.15, -0.1) is 0 Å². The molecule has 0 aromatic rings. The van der Waals surface area contributed by atoms with Gasteiger partial charge in [-0.25, -0.2) is 9.78 Å². The Bertz CT molecular complexity index is 25.7. The molecule has 0 saturated carbocycles. The van der Waals surface area contributed by atoms with E-state index in [4.69, 9.17) is 0 Å². The van der Waals surface area contributed by atoms with Crippen molar-refractivity contribution in [2.75, 3.05) is 13.2 Å². The largest absolute Gasteiger partial charge is 0.206 e. The molecule has 0 aromatic heterocycles. The van der Waals surface area contributed by atoms with Gasteiger partial charge >= 0.3 is 0 Å². The van der Waals surface area contributed by atoms with E-state index in [9.17, 15) is 0 Å². The summed E-state index contributed by atoms with van der Waals surface area (Å²) < 4.78 is 0. The summed E-state index contributed by atoms with van der Waals surface area (Å²) in [6, 6.07) is 0. The maximum absolute atomic E-state index is 4.35. The summed E-state index contributed by atoms with van der Waals surface area (Å²) in [5.41, 5.74) is 0. The van der Waals surface area contributed by atoms with Crippen molar-refractivity contribution in [3.8, 4) is 0 Å². The van der Waals surface area contributed by atoms with Crippen LogP contribution in [0.4, 0.5) is 0 Å². The van der Waals surface area contributed by atoms with Crippen molar-refractivity contribution in [3.05, 3.63) is 0 Å². The van der Waals surface area contributed by atoms with Crippen molar-refractivity contribution in [3.63, 3.8) is 0 Å². The van der Waals surface area contributed by atoms with Crippen LogP contribution in [0.5, 0.6) is 0 Å². The zero-order valence-electron chi connectivity index (χ0n) is 3.85. The summed E-state index contributed by atoms with van der Waals surface area (Å²) in [6.45, 7) is 1.31. The second-order valence-corrected chi connectivity index (χ2v) is 1.07. The summed E-state index contributed by atoms with van der Waals surface area (Å²) in [5.74, 6) is 0. The lowest BCUT2D eigenvalue weighted by molar-refractivity contribution is -0.532. The Balaban J connectivity index is 0.000000360. The fourth-order valence-corrected chi connectivity index (χ4v) is 0.279. The van der Waals surface area contributed by atoms with Crippen LogP contribution in [0.15, 0.2) is 0 Å². The van der Waals surface area contributed by atoms with Gasteiger partial charge in [-0.2, -0.15) is 13.5 Å². The third-order valence-corrected chi connectivity index (χ3v) is 0.552. The molecule has 1 aliphatic rings. The van der Waals surface area contributed by atoms with Gasteiger partial charge in [0.1, 0.15) is 0 Å². The molecule has 0 aromatic carbocycles. The van der Waals surface area contributed by atoms with E-state index in [0.717, 1.165) is 6.42 Å². The standard InChI is InChI=1S/C3H6O3.H2S/c1-2-4-6-5-3-1;/h1-3H2;1H2. The Morgan fingerprint density at radius 3 is 1.71 bits per heavy atom. The molecule has 4 heteroatoms. The van der Waals surface area contributed by atoms with Crippen molar-refractivity contribution in [2.45, 2.75) is 6.42 Å². The number of rotatable bonds is 0. The Hall–Kier alpha value is 0.230. The minimum atomic E-state index is 0. The third-order valence-electron chi connectivity index (χ3n) is 0.552. The summed E-state index contributed by atoms with van der Waals surface area (Å²) in [7, 11) is 0. The van der Waals surface area contributed by atoms with Crippen molar-refractivity contribution >= 4 is 13.5 Å².